The zero-order chi connectivity index (χ0) is 17.5. The topological polar surface area (TPSA) is 118 Å². The van der Waals surface area contributed by atoms with Crippen LogP contribution in [0.1, 0.15) is 19.8 Å². The van der Waals surface area contributed by atoms with Gasteiger partial charge in [0.05, 0.1) is 11.5 Å². The molecule has 25 heavy (non-hydrogen) atoms. The van der Waals surface area contributed by atoms with Gasteiger partial charge in [-0.2, -0.15) is 5.10 Å². The van der Waals surface area contributed by atoms with Gasteiger partial charge in [0, 0.05) is 39.1 Å². The second-order valence-corrected chi connectivity index (χ2v) is 5.54. The first kappa shape index (κ1) is 21.1. The van der Waals surface area contributed by atoms with E-state index in [0.717, 1.165) is 13.0 Å². The number of guanidine groups is 1. The molecule has 0 aromatic carbocycles. The standard InChI is InChI=1S/C14H23N7O3.HI/c1-3-13(22)19-6-4-11(9-19)18-14(15-2)16-5-7-20-10-12(8-17-20)21(23)24;/h8,10-11H,3-7,9H2,1-2H3,(H2,15,16,18);1H. The lowest BCUT2D eigenvalue weighted by Gasteiger charge is -2.18. The molecule has 10 nitrogen and oxygen atoms in total. The van der Waals surface area contributed by atoms with Crippen molar-refractivity contribution in [2.75, 3.05) is 26.7 Å². The van der Waals surface area contributed by atoms with Crippen molar-refractivity contribution in [1.29, 1.82) is 0 Å². The van der Waals surface area contributed by atoms with Gasteiger partial charge in [-0.05, 0) is 6.42 Å². The predicted octanol–water partition coefficient (Wildman–Crippen LogP) is 0.585. The van der Waals surface area contributed by atoms with Crippen molar-refractivity contribution >= 4 is 41.5 Å². The van der Waals surface area contributed by atoms with Crippen LogP contribution >= 0.6 is 24.0 Å². The maximum Gasteiger partial charge on any atom is 0.306 e. The molecule has 11 heteroatoms. The summed E-state index contributed by atoms with van der Waals surface area (Å²) in [6.45, 7) is 4.32. The average Bonchev–Trinajstić information content (AvgIpc) is 3.22. The van der Waals surface area contributed by atoms with Gasteiger partial charge in [0.25, 0.3) is 0 Å². The summed E-state index contributed by atoms with van der Waals surface area (Å²) in [6.07, 6.45) is 4.03. The van der Waals surface area contributed by atoms with Gasteiger partial charge in [0.2, 0.25) is 5.91 Å². The molecule has 2 N–H and O–H groups in total. The second-order valence-electron chi connectivity index (χ2n) is 5.54. The van der Waals surface area contributed by atoms with Crippen LogP contribution in [0.5, 0.6) is 0 Å². The molecule has 0 radical (unpaired) electrons. The Morgan fingerprint density at radius 3 is 2.92 bits per heavy atom. The first-order valence-corrected chi connectivity index (χ1v) is 7.95. The number of amides is 1. The normalized spacial score (nSPS) is 17.1. The van der Waals surface area contributed by atoms with Gasteiger partial charge in [-0.1, -0.05) is 6.92 Å². The van der Waals surface area contributed by atoms with Crippen molar-refractivity contribution in [2.45, 2.75) is 32.4 Å². The van der Waals surface area contributed by atoms with E-state index < -0.39 is 4.92 Å². The molecule has 1 aliphatic rings. The molecule has 0 spiro atoms. The Bertz CT molecular complexity index is 619. The number of rotatable bonds is 6. The van der Waals surface area contributed by atoms with E-state index in [-0.39, 0.29) is 41.6 Å². The van der Waals surface area contributed by atoms with Crippen LogP contribution in [0.25, 0.3) is 0 Å². The molecule has 1 unspecified atom stereocenters. The van der Waals surface area contributed by atoms with Gasteiger partial charge < -0.3 is 15.5 Å². The largest absolute Gasteiger partial charge is 0.355 e. The molecule has 0 aliphatic carbocycles. The third kappa shape index (κ3) is 6.14. The number of aliphatic imine (C=N–C) groups is 1. The number of hydrogen-bond donors (Lipinski definition) is 2. The molecule has 2 heterocycles. The second kappa shape index (κ2) is 10.2. The van der Waals surface area contributed by atoms with E-state index in [1.807, 2.05) is 11.8 Å². The predicted molar refractivity (Wildman–Crippen MR) is 104 cm³/mol. The lowest BCUT2D eigenvalue weighted by molar-refractivity contribution is -0.385. The minimum Gasteiger partial charge on any atom is -0.355 e. The summed E-state index contributed by atoms with van der Waals surface area (Å²) in [5.74, 6) is 0.815. The smallest absolute Gasteiger partial charge is 0.306 e. The summed E-state index contributed by atoms with van der Waals surface area (Å²) in [4.78, 5) is 27.8. The van der Waals surface area contributed by atoms with Crippen molar-refractivity contribution in [1.82, 2.24) is 25.3 Å². The van der Waals surface area contributed by atoms with Gasteiger partial charge in [-0.25, -0.2) is 0 Å². The summed E-state index contributed by atoms with van der Waals surface area (Å²) in [6, 6.07) is 0.178. The molecule has 0 saturated carbocycles. The Labute approximate surface area is 163 Å². The Hall–Kier alpha value is -1.92. The molecule has 1 atom stereocenters. The number of carbonyl (C=O) groups excluding carboxylic acids is 1. The van der Waals surface area contributed by atoms with Crippen LogP contribution < -0.4 is 10.6 Å². The monoisotopic (exact) mass is 465 g/mol. The Morgan fingerprint density at radius 2 is 2.32 bits per heavy atom. The minimum absolute atomic E-state index is 0. The highest BCUT2D eigenvalue weighted by molar-refractivity contribution is 14.0. The molecular formula is C14H24IN7O3. The van der Waals surface area contributed by atoms with E-state index >= 15 is 0 Å². The third-order valence-corrected chi connectivity index (χ3v) is 3.87. The van der Waals surface area contributed by atoms with Crippen molar-refractivity contribution in [3.8, 4) is 0 Å². The van der Waals surface area contributed by atoms with Crippen molar-refractivity contribution in [3.63, 3.8) is 0 Å². The molecular weight excluding hydrogens is 441 g/mol. The number of nitrogens with zero attached hydrogens (tertiary/aromatic N) is 5. The van der Waals surface area contributed by atoms with Crippen LogP contribution in [-0.4, -0.2) is 64.2 Å². The van der Waals surface area contributed by atoms with E-state index in [1.54, 1.807) is 7.05 Å². The molecule has 140 valence electrons. The van der Waals surface area contributed by atoms with Crippen LogP contribution in [0.3, 0.4) is 0 Å². The number of aromatic nitrogens is 2. The number of nitrogens with one attached hydrogen (secondary N) is 2. The number of hydrogen-bond acceptors (Lipinski definition) is 5. The molecule has 1 aromatic rings. The van der Waals surface area contributed by atoms with Crippen LogP contribution in [0, 0.1) is 10.1 Å². The quantitative estimate of drug-likeness (QED) is 0.209. The average molecular weight is 465 g/mol. The van der Waals surface area contributed by atoms with Crippen LogP contribution in [-0.2, 0) is 11.3 Å². The van der Waals surface area contributed by atoms with Crippen LogP contribution in [0.15, 0.2) is 17.4 Å². The molecule has 1 aromatic heterocycles. The number of halogens is 1. The summed E-state index contributed by atoms with van der Waals surface area (Å²) in [7, 11) is 1.68. The van der Waals surface area contributed by atoms with Crippen LogP contribution in [0.4, 0.5) is 5.69 Å². The molecule has 2 rings (SSSR count). The Morgan fingerprint density at radius 1 is 1.56 bits per heavy atom. The van der Waals surface area contributed by atoms with Gasteiger partial charge in [0.15, 0.2) is 5.96 Å². The Balaban J connectivity index is 0.00000312. The lowest BCUT2D eigenvalue weighted by Crippen LogP contribution is -2.45. The van der Waals surface area contributed by atoms with E-state index in [4.69, 9.17) is 0 Å². The fourth-order valence-electron chi connectivity index (χ4n) is 2.57. The molecule has 1 fully saturated rings. The summed E-state index contributed by atoms with van der Waals surface area (Å²) in [5.41, 5.74) is -0.0239. The number of likely N-dealkylation sites (tertiary alicyclic amines) is 1. The van der Waals surface area contributed by atoms with Crippen molar-refractivity contribution < 1.29 is 9.72 Å². The van der Waals surface area contributed by atoms with E-state index in [0.29, 0.717) is 32.0 Å². The molecule has 1 aliphatic heterocycles. The van der Waals surface area contributed by atoms with Gasteiger partial charge in [-0.15, -0.1) is 24.0 Å². The third-order valence-electron chi connectivity index (χ3n) is 3.87. The van der Waals surface area contributed by atoms with Gasteiger partial charge in [0.1, 0.15) is 12.4 Å². The highest BCUT2D eigenvalue weighted by atomic mass is 127. The summed E-state index contributed by atoms with van der Waals surface area (Å²) < 4.78 is 1.51. The van der Waals surface area contributed by atoms with Gasteiger partial charge in [-0.3, -0.25) is 24.6 Å². The fourth-order valence-corrected chi connectivity index (χ4v) is 2.57. The summed E-state index contributed by atoms with van der Waals surface area (Å²) in [5, 5.41) is 21.0. The number of nitro groups is 1. The van der Waals surface area contributed by atoms with Crippen molar-refractivity contribution in [2.24, 2.45) is 4.99 Å². The Kier molecular flexibility index (Phi) is 8.58. The highest BCUT2D eigenvalue weighted by Crippen LogP contribution is 2.10. The maximum absolute atomic E-state index is 11.7. The molecule has 1 saturated heterocycles. The first-order chi connectivity index (χ1) is 11.5. The van der Waals surface area contributed by atoms with Crippen LogP contribution in [0.2, 0.25) is 0 Å². The molecule has 0 bridgehead atoms. The molecule has 1 amide bonds. The van der Waals surface area contributed by atoms with E-state index in [2.05, 4.69) is 20.7 Å². The SMILES string of the molecule is CCC(=O)N1CCC(NC(=NC)NCCn2cc([N+](=O)[O-])cn2)C1.I. The maximum atomic E-state index is 11.7. The fraction of sp³-hybridized carbons (Fsp3) is 0.643. The number of carbonyl (C=O) groups is 1. The zero-order valence-corrected chi connectivity index (χ0v) is 16.7. The summed E-state index contributed by atoms with van der Waals surface area (Å²) >= 11 is 0. The van der Waals surface area contributed by atoms with Crippen molar-refractivity contribution in [3.05, 3.63) is 22.5 Å². The first-order valence-electron chi connectivity index (χ1n) is 7.95. The van der Waals surface area contributed by atoms with Gasteiger partial charge >= 0.3 is 5.69 Å². The highest BCUT2D eigenvalue weighted by Gasteiger charge is 2.25. The van der Waals surface area contributed by atoms with E-state index in [9.17, 15) is 14.9 Å². The lowest BCUT2D eigenvalue weighted by atomic mass is 10.3. The minimum atomic E-state index is -0.471. The zero-order valence-electron chi connectivity index (χ0n) is 14.3. The van der Waals surface area contributed by atoms with E-state index in [1.165, 1.54) is 17.1 Å².